The summed E-state index contributed by atoms with van der Waals surface area (Å²) in [6.07, 6.45) is 5.08. The Kier molecular flexibility index (Phi) is 3.06. The van der Waals surface area contributed by atoms with Crippen LogP contribution in [0.3, 0.4) is 0 Å². The van der Waals surface area contributed by atoms with Gasteiger partial charge in [-0.2, -0.15) is 0 Å². The number of halogens is 1. The number of thiophene rings is 1. The van der Waals surface area contributed by atoms with Crippen LogP contribution in [0.2, 0.25) is 0 Å². The molecule has 1 aliphatic carbocycles. The first-order valence-electron chi connectivity index (χ1n) is 4.79. The highest BCUT2D eigenvalue weighted by Gasteiger charge is 2.21. The summed E-state index contributed by atoms with van der Waals surface area (Å²) < 4.78 is 1.28. The van der Waals surface area contributed by atoms with Crippen LogP contribution in [-0.4, -0.2) is 6.54 Å². The van der Waals surface area contributed by atoms with Gasteiger partial charge in [0.05, 0.1) is 3.79 Å². The zero-order valence-corrected chi connectivity index (χ0v) is 9.96. The zero-order chi connectivity index (χ0) is 9.26. The van der Waals surface area contributed by atoms with Crippen LogP contribution in [0.5, 0.6) is 0 Å². The van der Waals surface area contributed by atoms with Crippen molar-refractivity contribution < 1.29 is 0 Å². The number of fused-ring (bicyclic) bond motifs is 1. The molecule has 0 bridgehead atoms. The summed E-state index contributed by atoms with van der Waals surface area (Å²) in [5.74, 6) is 0.733. The molecule has 0 spiro atoms. The second-order valence-corrected chi connectivity index (χ2v) is 6.11. The highest BCUT2D eigenvalue weighted by atomic mass is 79.9. The van der Waals surface area contributed by atoms with Gasteiger partial charge < -0.3 is 5.73 Å². The van der Waals surface area contributed by atoms with E-state index in [4.69, 9.17) is 5.73 Å². The summed E-state index contributed by atoms with van der Waals surface area (Å²) in [6, 6.07) is 2.29. The molecule has 3 heteroatoms. The summed E-state index contributed by atoms with van der Waals surface area (Å²) in [6.45, 7) is 0.817. The van der Waals surface area contributed by atoms with Crippen LogP contribution >= 0.6 is 27.3 Å². The van der Waals surface area contributed by atoms with Crippen molar-refractivity contribution in [3.8, 4) is 0 Å². The fraction of sp³-hybridized carbons (Fsp3) is 0.600. The molecule has 0 aliphatic heterocycles. The number of hydrogen-bond donors (Lipinski definition) is 1. The topological polar surface area (TPSA) is 26.0 Å². The third-order valence-electron chi connectivity index (χ3n) is 2.72. The molecule has 1 aliphatic rings. The highest BCUT2D eigenvalue weighted by Crippen LogP contribution is 2.40. The summed E-state index contributed by atoms with van der Waals surface area (Å²) in [5, 5.41) is 0. The molecule has 1 aromatic rings. The van der Waals surface area contributed by atoms with Gasteiger partial charge in [-0.1, -0.05) is 0 Å². The maximum absolute atomic E-state index is 5.61. The van der Waals surface area contributed by atoms with Crippen LogP contribution < -0.4 is 5.73 Å². The van der Waals surface area contributed by atoms with Gasteiger partial charge in [0.25, 0.3) is 0 Å². The van der Waals surface area contributed by atoms with Crippen molar-refractivity contribution in [2.75, 3.05) is 6.54 Å². The molecule has 1 unspecified atom stereocenters. The standard InChI is InChI=1S/C10H14BrNS/c11-10-6-8-7(4-5-12)2-1-3-9(8)13-10/h6-7H,1-5,12H2. The summed E-state index contributed by atoms with van der Waals surface area (Å²) in [5.41, 5.74) is 7.18. The molecule has 13 heavy (non-hydrogen) atoms. The quantitative estimate of drug-likeness (QED) is 0.867. The Morgan fingerprint density at radius 2 is 2.46 bits per heavy atom. The van der Waals surface area contributed by atoms with Crippen LogP contribution in [0.25, 0.3) is 0 Å². The van der Waals surface area contributed by atoms with Crippen molar-refractivity contribution in [2.45, 2.75) is 31.6 Å². The predicted molar refractivity (Wildman–Crippen MR) is 61.4 cm³/mol. The van der Waals surface area contributed by atoms with Crippen molar-refractivity contribution in [1.29, 1.82) is 0 Å². The van der Waals surface area contributed by atoms with Crippen molar-refractivity contribution in [2.24, 2.45) is 5.73 Å². The molecule has 1 atom stereocenters. The van der Waals surface area contributed by atoms with Gasteiger partial charge >= 0.3 is 0 Å². The number of hydrogen-bond acceptors (Lipinski definition) is 2. The molecule has 72 valence electrons. The lowest BCUT2D eigenvalue weighted by molar-refractivity contribution is 0.532. The molecule has 0 saturated carbocycles. The van der Waals surface area contributed by atoms with Crippen LogP contribution in [0.1, 0.15) is 35.6 Å². The van der Waals surface area contributed by atoms with Gasteiger partial charge in [0, 0.05) is 4.88 Å². The van der Waals surface area contributed by atoms with E-state index in [-0.39, 0.29) is 0 Å². The Morgan fingerprint density at radius 3 is 3.23 bits per heavy atom. The fourth-order valence-electron chi connectivity index (χ4n) is 2.12. The third kappa shape index (κ3) is 1.97. The average Bonchev–Trinajstić information content (AvgIpc) is 2.47. The monoisotopic (exact) mass is 259 g/mol. The van der Waals surface area contributed by atoms with E-state index < -0.39 is 0 Å². The maximum Gasteiger partial charge on any atom is 0.0704 e. The SMILES string of the molecule is NCCC1CCCc2sc(Br)cc21. The lowest BCUT2D eigenvalue weighted by atomic mass is 9.86. The Balaban J connectivity index is 2.25. The van der Waals surface area contributed by atoms with E-state index in [1.54, 1.807) is 10.4 Å². The molecular weight excluding hydrogens is 246 g/mol. The summed E-state index contributed by atoms with van der Waals surface area (Å²) in [7, 11) is 0. The largest absolute Gasteiger partial charge is 0.330 e. The Morgan fingerprint density at radius 1 is 1.62 bits per heavy atom. The fourth-order valence-corrected chi connectivity index (χ4v) is 3.96. The van der Waals surface area contributed by atoms with E-state index >= 15 is 0 Å². The molecule has 0 saturated heterocycles. The Bertz CT molecular complexity index is 295. The van der Waals surface area contributed by atoms with E-state index in [0.29, 0.717) is 0 Å². The number of rotatable bonds is 2. The van der Waals surface area contributed by atoms with E-state index in [0.717, 1.165) is 18.9 Å². The van der Waals surface area contributed by atoms with Crippen LogP contribution in [0.4, 0.5) is 0 Å². The molecule has 1 nitrogen and oxygen atoms in total. The van der Waals surface area contributed by atoms with E-state index in [1.807, 2.05) is 11.3 Å². The van der Waals surface area contributed by atoms with Crippen molar-refractivity contribution >= 4 is 27.3 Å². The molecule has 2 rings (SSSR count). The molecule has 0 radical (unpaired) electrons. The predicted octanol–water partition coefficient (Wildman–Crippen LogP) is 3.28. The van der Waals surface area contributed by atoms with Gasteiger partial charge in [0.2, 0.25) is 0 Å². The molecule has 0 fully saturated rings. The van der Waals surface area contributed by atoms with Gasteiger partial charge in [0.1, 0.15) is 0 Å². The third-order valence-corrected chi connectivity index (χ3v) is 4.44. The van der Waals surface area contributed by atoms with Gasteiger partial charge in [-0.3, -0.25) is 0 Å². The summed E-state index contributed by atoms with van der Waals surface area (Å²) >= 11 is 5.45. The highest BCUT2D eigenvalue weighted by molar-refractivity contribution is 9.11. The van der Waals surface area contributed by atoms with Gasteiger partial charge in [-0.05, 0) is 65.7 Å². The van der Waals surface area contributed by atoms with Crippen molar-refractivity contribution in [1.82, 2.24) is 0 Å². The van der Waals surface area contributed by atoms with Crippen molar-refractivity contribution in [3.63, 3.8) is 0 Å². The molecular formula is C10H14BrNS. The lowest BCUT2D eigenvalue weighted by Gasteiger charge is -2.21. The average molecular weight is 260 g/mol. The minimum atomic E-state index is 0.733. The normalized spacial score (nSPS) is 21.5. The molecule has 2 N–H and O–H groups in total. The lowest BCUT2D eigenvalue weighted by Crippen LogP contribution is -2.11. The van der Waals surface area contributed by atoms with Crippen molar-refractivity contribution in [3.05, 3.63) is 20.3 Å². The first-order valence-corrected chi connectivity index (χ1v) is 6.40. The minimum Gasteiger partial charge on any atom is -0.330 e. The van der Waals surface area contributed by atoms with Crippen LogP contribution in [0.15, 0.2) is 9.85 Å². The number of aryl methyl sites for hydroxylation is 1. The Labute approximate surface area is 91.5 Å². The molecule has 1 heterocycles. The first kappa shape index (κ1) is 9.69. The van der Waals surface area contributed by atoms with E-state index in [1.165, 1.54) is 23.0 Å². The first-order chi connectivity index (χ1) is 6.31. The second kappa shape index (κ2) is 4.11. The van der Waals surface area contributed by atoms with Crippen LogP contribution in [-0.2, 0) is 6.42 Å². The second-order valence-electron chi connectivity index (χ2n) is 3.60. The Hall–Kier alpha value is 0.140. The maximum atomic E-state index is 5.61. The van der Waals surface area contributed by atoms with Crippen LogP contribution in [0, 0.1) is 0 Å². The van der Waals surface area contributed by atoms with E-state index in [9.17, 15) is 0 Å². The summed E-state index contributed by atoms with van der Waals surface area (Å²) in [4.78, 5) is 1.58. The minimum absolute atomic E-state index is 0.733. The van der Waals surface area contributed by atoms with E-state index in [2.05, 4.69) is 22.0 Å². The van der Waals surface area contributed by atoms with Gasteiger partial charge in [-0.15, -0.1) is 11.3 Å². The zero-order valence-electron chi connectivity index (χ0n) is 7.55. The number of nitrogens with two attached hydrogens (primary N) is 1. The van der Waals surface area contributed by atoms with Gasteiger partial charge in [0.15, 0.2) is 0 Å². The molecule has 0 aromatic carbocycles. The van der Waals surface area contributed by atoms with Gasteiger partial charge in [-0.25, -0.2) is 0 Å². The smallest absolute Gasteiger partial charge is 0.0704 e. The molecule has 1 aromatic heterocycles. The molecule has 0 amide bonds.